The lowest BCUT2D eigenvalue weighted by atomic mass is 10.1. The maximum atomic E-state index is 4.55. The number of nitrogens with zero attached hydrogens (tertiary/aromatic N) is 3. The standard InChI is InChI=1S/C16H30N4/c1-16(2,3)18-12-14-7-8-15(17-11-14)13-20(6)10-9-19(4)5/h7-8,11,18H,9-10,12-13H2,1-6H3. The summed E-state index contributed by atoms with van der Waals surface area (Å²) in [7, 11) is 6.34. The SMILES string of the molecule is CN(C)CCN(C)Cc1ccc(CNC(C)(C)C)cn1. The van der Waals surface area contributed by atoms with Gasteiger partial charge in [0.1, 0.15) is 0 Å². The lowest BCUT2D eigenvalue weighted by Crippen LogP contribution is -2.35. The van der Waals surface area contributed by atoms with Gasteiger partial charge in [-0.05, 0) is 53.5 Å². The van der Waals surface area contributed by atoms with Gasteiger partial charge in [0.05, 0.1) is 5.69 Å². The van der Waals surface area contributed by atoms with E-state index in [0.717, 1.165) is 31.9 Å². The summed E-state index contributed by atoms with van der Waals surface area (Å²) in [5.74, 6) is 0. The van der Waals surface area contributed by atoms with Crippen molar-refractivity contribution in [2.75, 3.05) is 34.2 Å². The first-order chi connectivity index (χ1) is 9.26. The number of likely N-dealkylation sites (N-methyl/N-ethyl adjacent to an activating group) is 2. The van der Waals surface area contributed by atoms with Crippen LogP contribution in [0.4, 0.5) is 0 Å². The fraction of sp³-hybridized carbons (Fsp3) is 0.688. The summed E-state index contributed by atoms with van der Waals surface area (Å²) in [5, 5.41) is 3.48. The summed E-state index contributed by atoms with van der Waals surface area (Å²) < 4.78 is 0. The van der Waals surface area contributed by atoms with Crippen LogP contribution in [-0.2, 0) is 13.1 Å². The van der Waals surface area contributed by atoms with Crippen molar-refractivity contribution in [3.8, 4) is 0 Å². The highest BCUT2D eigenvalue weighted by atomic mass is 15.2. The number of rotatable bonds is 7. The van der Waals surface area contributed by atoms with E-state index in [0.29, 0.717) is 0 Å². The zero-order valence-corrected chi connectivity index (χ0v) is 13.9. The molecule has 1 aromatic rings. The van der Waals surface area contributed by atoms with Gasteiger partial charge in [0, 0.05) is 37.9 Å². The van der Waals surface area contributed by atoms with Crippen LogP contribution >= 0.6 is 0 Å². The number of nitrogens with one attached hydrogen (secondary N) is 1. The average Bonchev–Trinajstić information content (AvgIpc) is 2.34. The maximum Gasteiger partial charge on any atom is 0.0544 e. The van der Waals surface area contributed by atoms with Crippen molar-refractivity contribution >= 4 is 0 Å². The van der Waals surface area contributed by atoms with E-state index in [1.807, 2.05) is 6.20 Å². The van der Waals surface area contributed by atoms with Gasteiger partial charge in [-0.3, -0.25) is 9.88 Å². The topological polar surface area (TPSA) is 31.4 Å². The van der Waals surface area contributed by atoms with E-state index in [2.05, 4.69) is 74.1 Å². The highest BCUT2D eigenvalue weighted by Gasteiger charge is 2.08. The van der Waals surface area contributed by atoms with Gasteiger partial charge in [-0.25, -0.2) is 0 Å². The summed E-state index contributed by atoms with van der Waals surface area (Å²) in [4.78, 5) is 9.05. The molecule has 0 aliphatic heterocycles. The molecule has 0 fully saturated rings. The van der Waals surface area contributed by atoms with Crippen LogP contribution in [0.3, 0.4) is 0 Å². The monoisotopic (exact) mass is 278 g/mol. The minimum Gasteiger partial charge on any atom is -0.308 e. The molecule has 1 N–H and O–H groups in total. The molecule has 0 unspecified atom stereocenters. The second kappa shape index (κ2) is 7.72. The Kier molecular flexibility index (Phi) is 6.59. The molecule has 0 saturated heterocycles. The summed E-state index contributed by atoms with van der Waals surface area (Å²) in [6.45, 7) is 10.4. The van der Waals surface area contributed by atoms with Gasteiger partial charge < -0.3 is 10.2 Å². The molecule has 1 rings (SSSR count). The summed E-state index contributed by atoms with van der Waals surface area (Å²) >= 11 is 0. The fourth-order valence-electron chi connectivity index (χ4n) is 1.75. The molecule has 0 aliphatic carbocycles. The Morgan fingerprint density at radius 3 is 2.30 bits per heavy atom. The van der Waals surface area contributed by atoms with E-state index in [-0.39, 0.29) is 5.54 Å². The number of pyridine rings is 1. The van der Waals surface area contributed by atoms with Gasteiger partial charge in [-0.15, -0.1) is 0 Å². The first kappa shape index (κ1) is 17.1. The van der Waals surface area contributed by atoms with Crippen LogP contribution in [0.15, 0.2) is 18.3 Å². The molecule has 4 heteroatoms. The van der Waals surface area contributed by atoms with E-state index >= 15 is 0 Å². The molecular weight excluding hydrogens is 248 g/mol. The molecule has 0 aliphatic rings. The lowest BCUT2D eigenvalue weighted by Gasteiger charge is -2.21. The van der Waals surface area contributed by atoms with Crippen LogP contribution in [0.1, 0.15) is 32.0 Å². The molecule has 0 aromatic carbocycles. The number of hydrogen-bond donors (Lipinski definition) is 1. The highest BCUT2D eigenvalue weighted by molar-refractivity contribution is 5.14. The Labute approximate surface area is 124 Å². The minimum atomic E-state index is 0.144. The zero-order valence-electron chi connectivity index (χ0n) is 13.9. The van der Waals surface area contributed by atoms with Crippen LogP contribution in [-0.4, -0.2) is 54.6 Å². The largest absolute Gasteiger partial charge is 0.308 e. The van der Waals surface area contributed by atoms with E-state index in [4.69, 9.17) is 0 Å². The van der Waals surface area contributed by atoms with E-state index in [1.165, 1.54) is 5.56 Å². The van der Waals surface area contributed by atoms with Crippen molar-refractivity contribution in [3.63, 3.8) is 0 Å². The normalized spacial score (nSPS) is 12.4. The lowest BCUT2D eigenvalue weighted by molar-refractivity contribution is 0.274. The molecule has 4 nitrogen and oxygen atoms in total. The Balaban J connectivity index is 2.42. The van der Waals surface area contributed by atoms with Crippen LogP contribution in [0, 0.1) is 0 Å². The van der Waals surface area contributed by atoms with Crippen molar-refractivity contribution in [2.24, 2.45) is 0 Å². The second-order valence-electron chi connectivity index (χ2n) is 6.80. The molecule has 1 aromatic heterocycles. The zero-order chi connectivity index (χ0) is 15.2. The summed E-state index contributed by atoms with van der Waals surface area (Å²) in [6.07, 6.45) is 1.98. The van der Waals surface area contributed by atoms with E-state index in [1.54, 1.807) is 0 Å². The van der Waals surface area contributed by atoms with E-state index in [9.17, 15) is 0 Å². The van der Waals surface area contributed by atoms with E-state index < -0.39 is 0 Å². The molecule has 1 heterocycles. The van der Waals surface area contributed by atoms with Crippen molar-refractivity contribution in [2.45, 2.75) is 39.4 Å². The van der Waals surface area contributed by atoms with Crippen molar-refractivity contribution < 1.29 is 0 Å². The van der Waals surface area contributed by atoms with Crippen LogP contribution in [0.2, 0.25) is 0 Å². The predicted octanol–water partition coefficient (Wildman–Crippen LogP) is 1.96. The Bertz CT molecular complexity index is 378. The smallest absolute Gasteiger partial charge is 0.0544 e. The van der Waals surface area contributed by atoms with Crippen molar-refractivity contribution in [1.29, 1.82) is 0 Å². The maximum absolute atomic E-state index is 4.55. The van der Waals surface area contributed by atoms with Crippen LogP contribution < -0.4 is 5.32 Å². The molecule has 114 valence electrons. The second-order valence-corrected chi connectivity index (χ2v) is 6.80. The molecule has 20 heavy (non-hydrogen) atoms. The molecule has 0 saturated carbocycles. The number of hydrogen-bond acceptors (Lipinski definition) is 4. The Morgan fingerprint density at radius 1 is 1.10 bits per heavy atom. The predicted molar refractivity (Wildman–Crippen MR) is 85.7 cm³/mol. The highest BCUT2D eigenvalue weighted by Crippen LogP contribution is 2.06. The third kappa shape index (κ3) is 7.58. The van der Waals surface area contributed by atoms with Gasteiger partial charge in [-0.1, -0.05) is 6.07 Å². The molecule has 0 radical (unpaired) electrons. The third-order valence-electron chi connectivity index (χ3n) is 3.07. The Hall–Kier alpha value is -0.970. The molecule has 0 amide bonds. The van der Waals surface area contributed by atoms with Gasteiger partial charge in [0.25, 0.3) is 0 Å². The first-order valence-corrected chi connectivity index (χ1v) is 7.28. The third-order valence-corrected chi connectivity index (χ3v) is 3.07. The van der Waals surface area contributed by atoms with Crippen molar-refractivity contribution in [3.05, 3.63) is 29.6 Å². The Morgan fingerprint density at radius 2 is 1.80 bits per heavy atom. The fourth-order valence-corrected chi connectivity index (χ4v) is 1.75. The first-order valence-electron chi connectivity index (χ1n) is 7.28. The van der Waals surface area contributed by atoms with Crippen LogP contribution in [0.5, 0.6) is 0 Å². The molecule has 0 bridgehead atoms. The van der Waals surface area contributed by atoms with Crippen LogP contribution in [0.25, 0.3) is 0 Å². The van der Waals surface area contributed by atoms with Gasteiger partial charge >= 0.3 is 0 Å². The molecule has 0 spiro atoms. The van der Waals surface area contributed by atoms with Crippen molar-refractivity contribution in [1.82, 2.24) is 20.1 Å². The summed E-state index contributed by atoms with van der Waals surface area (Å²) in [5.41, 5.74) is 2.51. The van der Waals surface area contributed by atoms with Gasteiger partial charge in [0.15, 0.2) is 0 Å². The average molecular weight is 278 g/mol. The number of aromatic nitrogens is 1. The summed E-state index contributed by atoms with van der Waals surface area (Å²) in [6, 6.07) is 4.30. The van der Waals surface area contributed by atoms with Gasteiger partial charge in [-0.2, -0.15) is 0 Å². The molecule has 0 atom stereocenters. The van der Waals surface area contributed by atoms with Gasteiger partial charge in [0.2, 0.25) is 0 Å². The quantitative estimate of drug-likeness (QED) is 0.826. The molecular formula is C16H30N4. The minimum absolute atomic E-state index is 0.144.